The predicted molar refractivity (Wildman–Crippen MR) is 90.6 cm³/mol. The Bertz CT molecular complexity index is 708. The maximum atomic E-state index is 12.5. The van der Waals surface area contributed by atoms with E-state index in [1.165, 1.54) is 32.4 Å². The average Bonchev–Trinajstić information content (AvgIpc) is 3.30. The van der Waals surface area contributed by atoms with E-state index in [1.54, 1.807) is 0 Å². The molecule has 0 spiro atoms. The Labute approximate surface area is 141 Å². The van der Waals surface area contributed by atoms with Gasteiger partial charge in [0.05, 0.1) is 6.54 Å². The highest BCUT2D eigenvalue weighted by atomic mass is 16.2. The van der Waals surface area contributed by atoms with Crippen molar-refractivity contribution in [3.05, 3.63) is 30.2 Å². The van der Waals surface area contributed by atoms with E-state index in [0.717, 1.165) is 31.0 Å². The highest BCUT2D eigenvalue weighted by molar-refractivity contribution is 5.74. The van der Waals surface area contributed by atoms with Crippen LogP contribution in [0.25, 0.3) is 5.65 Å². The second-order valence-electron chi connectivity index (χ2n) is 6.69. The molecule has 7 heteroatoms. The summed E-state index contributed by atoms with van der Waals surface area (Å²) in [6, 6.07) is 6.31. The van der Waals surface area contributed by atoms with Crippen LogP contribution in [0.4, 0.5) is 4.79 Å². The molecular formula is C17H24N6O. The highest BCUT2D eigenvalue weighted by Gasteiger charge is 2.29. The number of hydrogen-bond donors (Lipinski definition) is 1. The number of urea groups is 1. The molecule has 0 aliphatic carbocycles. The fraction of sp³-hybridized carbons (Fsp3) is 0.588. The van der Waals surface area contributed by atoms with Gasteiger partial charge in [-0.1, -0.05) is 6.07 Å². The molecule has 0 aromatic carbocycles. The first-order chi connectivity index (χ1) is 11.8. The standard InChI is InChI=1S/C17H24N6O/c24-17(18-12-16-20-19-15-7-1-2-11-23(15)16)22-10-5-6-14(13-22)21-8-3-4-9-21/h1-2,7,11,14H,3-6,8-10,12-13H2,(H,18,24)/t14-/m1/s1. The number of aromatic nitrogens is 3. The number of nitrogens with one attached hydrogen (secondary N) is 1. The van der Waals surface area contributed by atoms with Crippen molar-refractivity contribution in [3.8, 4) is 0 Å². The quantitative estimate of drug-likeness (QED) is 0.927. The van der Waals surface area contributed by atoms with E-state index >= 15 is 0 Å². The van der Waals surface area contributed by atoms with E-state index in [9.17, 15) is 4.79 Å². The van der Waals surface area contributed by atoms with Crippen molar-refractivity contribution in [1.29, 1.82) is 0 Å². The molecule has 7 nitrogen and oxygen atoms in total. The zero-order chi connectivity index (χ0) is 16.4. The Morgan fingerprint density at radius 2 is 2.04 bits per heavy atom. The number of piperidine rings is 1. The minimum atomic E-state index is 0.00609. The Kier molecular flexibility index (Phi) is 4.34. The van der Waals surface area contributed by atoms with Crippen molar-refractivity contribution in [2.45, 2.75) is 38.3 Å². The normalized spacial score (nSPS) is 22.2. The third-order valence-electron chi connectivity index (χ3n) is 5.12. The van der Waals surface area contributed by atoms with Crippen LogP contribution in [-0.4, -0.2) is 62.6 Å². The first-order valence-electron chi connectivity index (χ1n) is 8.87. The molecule has 0 saturated carbocycles. The number of nitrogens with zero attached hydrogens (tertiary/aromatic N) is 5. The van der Waals surface area contributed by atoms with Gasteiger partial charge in [-0.05, 0) is 50.9 Å². The van der Waals surface area contributed by atoms with Crippen molar-refractivity contribution < 1.29 is 4.79 Å². The van der Waals surface area contributed by atoms with Gasteiger partial charge in [0.15, 0.2) is 11.5 Å². The highest BCUT2D eigenvalue weighted by Crippen LogP contribution is 2.20. The van der Waals surface area contributed by atoms with Gasteiger partial charge < -0.3 is 10.2 Å². The topological polar surface area (TPSA) is 65.8 Å². The molecule has 1 atom stereocenters. The summed E-state index contributed by atoms with van der Waals surface area (Å²) < 4.78 is 1.91. The second-order valence-corrected chi connectivity index (χ2v) is 6.69. The van der Waals surface area contributed by atoms with Crippen LogP contribution in [0.3, 0.4) is 0 Å². The van der Waals surface area contributed by atoms with Crippen LogP contribution < -0.4 is 5.32 Å². The molecule has 0 radical (unpaired) electrons. The number of rotatable bonds is 3. The van der Waals surface area contributed by atoms with Crippen molar-refractivity contribution in [2.24, 2.45) is 0 Å². The van der Waals surface area contributed by atoms with E-state index in [0.29, 0.717) is 12.6 Å². The molecule has 2 amide bonds. The maximum absolute atomic E-state index is 12.5. The number of carbonyl (C=O) groups excluding carboxylic acids is 1. The average molecular weight is 328 g/mol. The lowest BCUT2D eigenvalue weighted by Crippen LogP contribution is -2.51. The van der Waals surface area contributed by atoms with Gasteiger partial charge in [0.1, 0.15) is 0 Å². The van der Waals surface area contributed by atoms with Crippen LogP contribution in [-0.2, 0) is 6.54 Å². The number of hydrogen-bond acceptors (Lipinski definition) is 4. The van der Waals surface area contributed by atoms with Gasteiger partial charge in [0.2, 0.25) is 0 Å². The molecule has 4 rings (SSSR count). The van der Waals surface area contributed by atoms with Crippen molar-refractivity contribution in [2.75, 3.05) is 26.2 Å². The van der Waals surface area contributed by atoms with E-state index in [1.807, 2.05) is 33.7 Å². The minimum absolute atomic E-state index is 0.00609. The fourth-order valence-corrected chi connectivity index (χ4v) is 3.82. The summed E-state index contributed by atoms with van der Waals surface area (Å²) in [6.07, 6.45) is 6.80. The zero-order valence-electron chi connectivity index (χ0n) is 13.9. The molecule has 1 N–H and O–H groups in total. The molecule has 2 aliphatic rings. The van der Waals surface area contributed by atoms with Crippen LogP contribution in [0.1, 0.15) is 31.5 Å². The summed E-state index contributed by atoms with van der Waals surface area (Å²) in [5, 5.41) is 11.3. The lowest BCUT2D eigenvalue weighted by Gasteiger charge is -2.37. The molecule has 0 unspecified atom stereocenters. The number of pyridine rings is 1. The number of carbonyl (C=O) groups is 1. The molecule has 2 saturated heterocycles. The number of amides is 2. The second kappa shape index (κ2) is 6.76. The molecule has 2 fully saturated rings. The third kappa shape index (κ3) is 3.08. The molecule has 4 heterocycles. The van der Waals surface area contributed by atoms with Gasteiger partial charge in [0.25, 0.3) is 0 Å². The number of fused-ring (bicyclic) bond motifs is 1. The van der Waals surface area contributed by atoms with Crippen LogP contribution in [0, 0.1) is 0 Å². The van der Waals surface area contributed by atoms with E-state index in [-0.39, 0.29) is 6.03 Å². The van der Waals surface area contributed by atoms with Gasteiger partial charge in [-0.25, -0.2) is 4.79 Å². The summed E-state index contributed by atoms with van der Waals surface area (Å²) in [4.78, 5) is 17.0. The Morgan fingerprint density at radius 1 is 1.17 bits per heavy atom. The smallest absolute Gasteiger partial charge is 0.317 e. The molecule has 2 aromatic rings. The Morgan fingerprint density at radius 3 is 2.92 bits per heavy atom. The maximum Gasteiger partial charge on any atom is 0.317 e. The lowest BCUT2D eigenvalue weighted by molar-refractivity contribution is 0.125. The zero-order valence-corrected chi connectivity index (χ0v) is 13.9. The van der Waals surface area contributed by atoms with Crippen LogP contribution in [0.5, 0.6) is 0 Å². The summed E-state index contributed by atoms with van der Waals surface area (Å²) in [5.74, 6) is 0.757. The number of likely N-dealkylation sites (tertiary alicyclic amines) is 2. The predicted octanol–water partition coefficient (Wildman–Crippen LogP) is 1.50. The fourth-order valence-electron chi connectivity index (χ4n) is 3.82. The Balaban J connectivity index is 1.35. The lowest BCUT2D eigenvalue weighted by atomic mass is 10.0. The molecule has 0 bridgehead atoms. The van der Waals surface area contributed by atoms with Crippen LogP contribution in [0.15, 0.2) is 24.4 Å². The first-order valence-corrected chi connectivity index (χ1v) is 8.87. The van der Waals surface area contributed by atoms with E-state index < -0.39 is 0 Å². The molecule has 2 aromatic heterocycles. The summed E-state index contributed by atoms with van der Waals surface area (Å²) in [5.41, 5.74) is 0.800. The van der Waals surface area contributed by atoms with E-state index in [4.69, 9.17) is 0 Å². The molecular weight excluding hydrogens is 304 g/mol. The largest absolute Gasteiger partial charge is 0.331 e. The Hall–Kier alpha value is -2.15. The summed E-state index contributed by atoms with van der Waals surface area (Å²) >= 11 is 0. The SMILES string of the molecule is O=C(NCc1nnc2ccccn12)N1CCC[C@@H](N2CCCC2)C1. The van der Waals surface area contributed by atoms with Gasteiger partial charge >= 0.3 is 6.03 Å². The van der Waals surface area contributed by atoms with Crippen molar-refractivity contribution >= 4 is 11.7 Å². The summed E-state index contributed by atoms with van der Waals surface area (Å²) in [6.45, 7) is 4.45. The van der Waals surface area contributed by atoms with Crippen LogP contribution in [0.2, 0.25) is 0 Å². The molecule has 24 heavy (non-hydrogen) atoms. The van der Waals surface area contributed by atoms with Gasteiger partial charge in [-0.15, -0.1) is 10.2 Å². The first kappa shape index (κ1) is 15.4. The summed E-state index contributed by atoms with van der Waals surface area (Å²) in [7, 11) is 0. The third-order valence-corrected chi connectivity index (χ3v) is 5.12. The minimum Gasteiger partial charge on any atom is -0.331 e. The van der Waals surface area contributed by atoms with E-state index in [2.05, 4.69) is 20.4 Å². The van der Waals surface area contributed by atoms with Gasteiger partial charge in [0, 0.05) is 25.3 Å². The van der Waals surface area contributed by atoms with Gasteiger partial charge in [-0.2, -0.15) is 0 Å². The van der Waals surface area contributed by atoms with Crippen LogP contribution >= 0.6 is 0 Å². The van der Waals surface area contributed by atoms with Crippen molar-refractivity contribution in [1.82, 2.24) is 29.7 Å². The molecule has 2 aliphatic heterocycles. The monoisotopic (exact) mass is 328 g/mol. The molecule has 128 valence electrons. The van der Waals surface area contributed by atoms with Gasteiger partial charge in [-0.3, -0.25) is 9.30 Å². The van der Waals surface area contributed by atoms with Crippen molar-refractivity contribution in [3.63, 3.8) is 0 Å².